The molecule has 1 heterocycles. The first-order valence-electron chi connectivity index (χ1n) is 8.50. The van der Waals surface area contributed by atoms with Crippen molar-refractivity contribution >= 4 is 11.7 Å². The molecule has 1 aromatic carbocycles. The fourth-order valence-electron chi connectivity index (χ4n) is 2.74. The number of nitrogens with zero attached hydrogens (tertiary/aromatic N) is 3. The van der Waals surface area contributed by atoms with Crippen molar-refractivity contribution in [2.45, 2.75) is 19.8 Å². The summed E-state index contributed by atoms with van der Waals surface area (Å²) in [5, 5.41) is 2.99. The Kier molecular flexibility index (Phi) is 6.28. The predicted octanol–water partition coefficient (Wildman–Crippen LogP) is 2.20. The first-order chi connectivity index (χ1) is 11.0. The zero-order valence-corrected chi connectivity index (χ0v) is 14.9. The second kappa shape index (κ2) is 8.20. The van der Waals surface area contributed by atoms with Crippen LogP contribution in [-0.4, -0.2) is 69.2 Å². The summed E-state index contributed by atoms with van der Waals surface area (Å²) in [7, 11) is 4.02. The maximum Gasteiger partial charge on any atom is 0.317 e. The molecule has 1 N–H and O–H groups in total. The molecule has 0 bridgehead atoms. The van der Waals surface area contributed by atoms with Crippen LogP contribution in [0.2, 0.25) is 0 Å². The van der Waals surface area contributed by atoms with Crippen molar-refractivity contribution in [1.82, 2.24) is 15.1 Å². The maximum absolute atomic E-state index is 12.1. The number of rotatable bonds is 5. The lowest BCUT2D eigenvalue weighted by atomic mass is 10.0. The smallest absolute Gasteiger partial charge is 0.317 e. The molecule has 0 spiro atoms. The van der Waals surface area contributed by atoms with E-state index in [-0.39, 0.29) is 6.03 Å². The van der Waals surface area contributed by atoms with Crippen LogP contribution in [0, 0.1) is 0 Å². The highest BCUT2D eigenvalue weighted by Crippen LogP contribution is 2.21. The number of nitrogens with one attached hydrogen (secondary N) is 1. The SMILES string of the molecule is CC(C)c1ccc(N2CCN(C(=O)NCCN(C)C)CC2)cc1. The number of piperazine rings is 1. The molecule has 0 aliphatic carbocycles. The largest absolute Gasteiger partial charge is 0.368 e. The Morgan fingerprint density at radius 1 is 1.13 bits per heavy atom. The molecule has 128 valence electrons. The Labute approximate surface area is 140 Å². The molecule has 1 aliphatic rings. The molecule has 2 amide bonds. The van der Waals surface area contributed by atoms with Crippen molar-refractivity contribution in [1.29, 1.82) is 0 Å². The van der Waals surface area contributed by atoms with Gasteiger partial charge in [-0.25, -0.2) is 4.79 Å². The molecule has 5 heteroatoms. The topological polar surface area (TPSA) is 38.8 Å². The molecular weight excluding hydrogens is 288 g/mol. The van der Waals surface area contributed by atoms with Crippen LogP contribution in [0.5, 0.6) is 0 Å². The van der Waals surface area contributed by atoms with Gasteiger partial charge in [0, 0.05) is 45.0 Å². The van der Waals surface area contributed by atoms with Crippen molar-refractivity contribution in [3.05, 3.63) is 29.8 Å². The van der Waals surface area contributed by atoms with Gasteiger partial charge < -0.3 is 20.0 Å². The Hall–Kier alpha value is -1.75. The second-order valence-electron chi connectivity index (χ2n) is 6.76. The number of carbonyl (C=O) groups excluding carboxylic acids is 1. The van der Waals surface area contributed by atoms with Crippen LogP contribution in [0.3, 0.4) is 0 Å². The van der Waals surface area contributed by atoms with E-state index in [0.717, 1.165) is 32.7 Å². The van der Waals surface area contributed by atoms with Crippen LogP contribution in [0.15, 0.2) is 24.3 Å². The van der Waals surface area contributed by atoms with Crippen LogP contribution < -0.4 is 10.2 Å². The Morgan fingerprint density at radius 3 is 2.26 bits per heavy atom. The third kappa shape index (κ3) is 5.13. The molecule has 1 aromatic rings. The fourth-order valence-corrected chi connectivity index (χ4v) is 2.74. The number of carbonyl (C=O) groups is 1. The van der Waals surface area contributed by atoms with Gasteiger partial charge in [0.2, 0.25) is 0 Å². The van der Waals surface area contributed by atoms with Crippen molar-refractivity contribution < 1.29 is 4.79 Å². The maximum atomic E-state index is 12.1. The van der Waals surface area contributed by atoms with E-state index >= 15 is 0 Å². The van der Waals surface area contributed by atoms with Crippen molar-refractivity contribution in [2.75, 3.05) is 58.3 Å². The lowest BCUT2D eigenvalue weighted by Crippen LogP contribution is -2.52. The zero-order chi connectivity index (χ0) is 16.8. The van der Waals surface area contributed by atoms with Crippen LogP contribution in [-0.2, 0) is 0 Å². The van der Waals surface area contributed by atoms with Gasteiger partial charge in [-0.2, -0.15) is 0 Å². The third-order valence-electron chi connectivity index (χ3n) is 4.33. The van der Waals surface area contributed by atoms with Gasteiger partial charge in [-0.1, -0.05) is 26.0 Å². The molecule has 1 fully saturated rings. The van der Waals surface area contributed by atoms with E-state index in [4.69, 9.17) is 0 Å². The number of amides is 2. The minimum atomic E-state index is 0.0571. The molecule has 23 heavy (non-hydrogen) atoms. The fraction of sp³-hybridized carbons (Fsp3) is 0.611. The lowest BCUT2D eigenvalue weighted by molar-refractivity contribution is 0.193. The molecule has 0 atom stereocenters. The zero-order valence-electron chi connectivity index (χ0n) is 14.9. The molecule has 1 saturated heterocycles. The van der Waals surface area contributed by atoms with Gasteiger partial charge in [0.05, 0.1) is 0 Å². The van der Waals surface area contributed by atoms with Gasteiger partial charge >= 0.3 is 6.03 Å². The van der Waals surface area contributed by atoms with Gasteiger partial charge in [-0.15, -0.1) is 0 Å². The Bertz CT molecular complexity index is 490. The summed E-state index contributed by atoms with van der Waals surface area (Å²) in [5.41, 5.74) is 2.62. The monoisotopic (exact) mass is 318 g/mol. The van der Waals surface area contributed by atoms with Gasteiger partial charge in [0.1, 0.15) is 0 Å². The van der Waals surface area contributed by atoms with Crippen LogP contribution in [0.4, 0.5) is 10.5 Å². The number of hydrogen-bond acceptors (Lipinski definition) is 3. The van der Waals surface area contributed by atoms with E-state index in [1.807, 2.05) is 19.0 Å². The van der Waals surface area contributed by atoms with E-state index in [1.165, 1.54) is 11.3 Å². The number of anilines is 1. The number of benzene rings is 1. The molecule has 1 aliphatic heterocycles. The Balaban J connectivity index is 1.80. The van der Waals surface area contributed by atoms with E-state index in [9.17, 15) is 4.79 Å². The summed E-state index contributed by atoms with van der Waals surface area (Å²) < 4.78 is 0. The van der Waals surface area contributed by atoms with Gasteiger partial charge in [-0.05, 0) is 37.7 Å². The summed E-state index contributed by atoms with van der Waals surface area (Å²) in [5.74, 6) is 0.562. The molecular formula is C18H30N4O. The average Bonchev–Trinajstić information content (AvgIpc) is 2.54. The van der Waals surface area contributed by atoms with E-state index in [0.29, 0.717) is 12.5 Å². The molecule has 0 radical (unpaired) electrons. The number of likely N-dealkylation sites (N-methyl/N-ethyl adjacent to an activating group) is 1. The van der Waals surface area contributed by atoms with Gasteiger partial charge in [-0.3, -0.25) is 0 Å². The van der Waals surface area contributed by atoms with Gasteiger partial charge in [0.15, 0.2) is 0 Å². The molecule has 0 unspecified atom stereocenters. The molecule has 0 saturated carbocycles. The molecule has 5 nitrogen and oxygen atoms in total. The summed E-state index contributed by atoms with van der Waals surface area (Å²) in [6.07, 6.45) is 0. The van der Waals surface area contributed by atoms with E-state index in [1.54, 1.807) is 0 Å². The molecule has 2 rings (SSSR count). The minimum absolute atomic E-state index is 0.0571. The van der Waals surface area contributed by atoms with E-state index in [2.05, 4.69) is 53.2 Å². The predicted molar refractivity (Wildman–Crippen MR) is 96.3 cm³/mol. The van der Waals surface area contributed by atoms with Crippen LogP contribution in [0.25, 0.3) is 0 Å². The number of hydrogen-bond donors (Lipinski definition) is 1. The van der Waals surface area contributed by atoms with E-state index < -0.39 is 0 Å². The normalized spacial score (nSPS) is 15.4. The quantitative estimate of drug-likeness (QED) is 0.904. The first-order valence-corrected chi connectivity index (χ1v) is 8.50. The third-order valence-corrected chi connectivity index (χ3v) is 4.33. The summed E-state index contributed by atoms with van der Waals surface area (Å²) in [6, 6.07) is 8.87. The average molecular weight is 318 g/mol. The highest BCUT2D eigenvalue weighted by atomic mass is 16.2. The van der Waals surface area contributed by atoms with Crippen molar-refractivity contribution in [3.63, 3.8) is 0 Å². The standard InChI is InChI=1S/C18H30N4O/c1-15(2)16-5-7-17(8-6-16)21-11-13-22(14-12-21)18(23)19-9-10-20(3)4/h5-8,15H,9-14H2,1-4H3,(H,19,23). The van der Waals surface area contributed by atoms with Gasteiger partial charge in [0.25, 0.3) is 0 Å². The highest BCUT2D eigenvalue weighted by molar-refractivity contribution is 5.74. The van der Waals surface area contributed by atoms with Crippen molar-refractivity contribution in [2.24, 2.45) is 0 Å². The highest BCUT2D eigenvalue weighted by Gasteiger charge is 2.21. The van der Waals surface area contributed by atoms with Crippen LogP contribution in [0.1, 0.15) is 25.3 Å². The summed E-state index contributed by atoms with van der Waals surface area (Å²) >= 11 is 0. The number of urea groups is 1. The second-order valence-corrected chi connectivity index (χ2v) is 6.76. The summed E-state index contributed by atoms with van der Waals surface area (Å²) in [4.78, 5) is 18.5. The summed E-state index contributed by atoms with van der Waals surface area (Å²) in [6.45, 7) is 9.33. The van der Waals surface area contributed by atoms with Crippen LogP contribution >= 0.6 is 0 Å². The Morgan fingerprint density at radius 2 is 1.74 bits per heavy atom. The molecule has 0 aromatic heterocycles. The first kappa shape index (κ1) is 17.6. The lowest BCUT2D eigenvalue weighted by Gasteiger charge is -2.36. The van der Waals surface area contributed by atoms with Crippen molar-refractivity contribution in [3.8, 4) is 0 Å². The minimum Gasteiger partial charge on any atom is -0.368 e.